The van der Waals surface area contributed by atoms with E-state index in [1.165, 1.54) is 0 Å². The number of imidazole rings is 1. The highest BCUT2D eigenvalue weighted by Crippen LogP contribution is 2.22. The Bertz CT molecular complexity index is 1050. The molecule has 0 radical (unpaired) electrons. The maximum absolute atomic E-state index is 12.3. The molecule has 1 atom stereocenters. The van der Waals surface area contributed by atoms with Gasteiger partial charge in [0, 0.05) is 31.3 Å². The van der Waals surface area contributed by atoms with Crippen molar-refractivity contribution < 1.29 is 9.53 Å². The van der Waals surface area contributed by atoms with Gasteiger partial charge < -0.3 is 20.3 Å². The summed E-state index contributed by atoms with van der Waals surface area (Å²) in [4.78, 5) is 19.4. The number of ether oxygens (including phenoxy) is 1. The average molecular weight is 389 g/mol. The summed E-state index contributed by atoms with van der Waals surface area (Å²) in [5, 5.41) is 6.49. The highest BCUT2D eigenvalue weighted by Gasteiger charge is 2.25. The van der Waals surface area contributed by atoms with Crippen LogP contribution >= 0.6 is 0 Å². The fraction of sp³-hybridized carbons (Fsp3) is 0.273. The lowest BCUT2D eigenvalue weighted by Crippen LogP contribution is -2.54. The lowest BCUT2D eigenvalue weighted by atomic mass is 10.2. The van der Waals surface area contributed by atoms with E-state index in [2.05, 4.69) is 38.3 Å². The van der Waals surface area contributed by atoms with Crippen molar-refractivity contribution in [2.45, 2.75) is 12.6 Å². The predicted octanol–water partition coefficient (Wildman–Crippen LogP) is 1.79. The molecular formula is C22H23N5O2. The summed E-state index contributed by atoms with van der Waals surface area (Å²) in [6, 6.07) is 18.3. The van der Waals surface area contributed by atoms with Crippen molar-refractivity contribution in [3.63, 3.8) is 0 Å². The third-order valence-electron chi connectivity index (χ3n) is 5.29. The third-order valence-corrected chi connectivity index (χ3v) is 5.29. The molecule has 0 aliphatic carbocycles. The average Bonchev–Trinajstić information content (AvgIpc) is 3.12. The van der Waals surface area contributed by atoms with Gasteiger partial charge in [-0.15, -0.1) is 0 Å². The first kappa shape index (κ1) is 17.8. The fourth-order valence-corrected chi connectivity index (χ4v) is 3.94. The number of carbonyl (C=O) groups excluding carboxylic acids is 1. The summed E-state index contributed by atoms with van der Waals surface area (Å²) in [5.41, 5.74) is 3.06. The Morgan fingerprint density at radius 3 is 2.59 bits per heavy atom. The van der Waals surface area contributed by atoms with Gasteiger partial charge in [0.25, 0.3) is 0 Å². The Hall–Kier alpha value is -3.32. The van der Waals surface area contributed by atoms with Crippen LogP contribution in [-0.4, -0.2) is 52.8 Å². The van der Waals surface area contributed by atoms with E-state index in [4.69, 9.17) is 9.72 Å². The van der Waals surface area contributed by atoms with Gasteiger partial charge >= 0.3 is 0 Å². The Kier molecular flexibility index (Phi) is 4.65. The van der Waals surface area contributed by atoms with Gasteiger partial charge in [0.05, 0.1) is 24.2 Å². The van der Waals surface area contributed by atoms with Gasteiger partial charge in [-0.3, -0.25) is 9.36 Å². The minimum absolute atomic E-state index is 0.0855. The number of nitrogens with zero attached hydrogens (tertiary/aromatic N) is 3. The van der Waals surface area contributed by atoms with Crippen molar-refractivity contribution in [2.24, 2.45) is 0 Å². The summed E-state index contributed by atoms with van der Waals surface area (Å²) in [6.45, 7) is 2.91. The van der Waals surface area contributed by atoms with Gasteiger partial charge in [-0.2, -0.15) is 0 Å². The SMILES string of the molecule is O=C1C=C(N2CCOCC2)NC(Cc2nc3ccccc3n2-c2ccccc2)N1. The molecule has 0 bridgehead atoms. The molecule has 2 aliphatic heterocycles. The van der Waals surface area contributed by atoms with E-state index < -0.39 is 0 Å². The highest BCUT2D eigenvalue weighted by molar-refractivity contribution is 5.89. The van der Waals surface area contributed by atoms with Crippen molar-refractivity contribution in [3.8, 4) is 5.69 Å². The third kappa shape index (κ3) is 3.56. The molecule has 2 N–H and O–H groups in total. The van der Waals surface area contributed by atoms with Crippen LogP contribution in [0.1, 0.15) is 5.82 Å². The molecule has 7 heteroatoms. The molecule has 1 aromatic heterocycles. The van der Waals surface area contributed by atoms with Crippen LogP contribution in [0.25, 0.3) is 16.7 Å². The minimum atomic E-state index is -0.232. The van der Waals surface area contributed by atoms with E-state index in [-0.39, 0.29) is 12.1 Å². The van der Waals surface area contributed by atoms with Crippen LogP contribution in [0, 0.1) is 0 Å². The molecule has 148 valence electrons. The molecular weight excluding hydrogens is 366 g/mol. The maximum atomic E-state index is 12.3. The van der Waals surface area contributed by atoms with E-state index >= 15 is 0 Å². The van der Waals surface area contributed by atoms with E-state index in [0.29, 0.717) is 19.6 Å². The van der Waals surface area contributed by atoms with Crippen LogP contribution in [0.2, 0.25) is 0 Å². The second-order valence-corrected chi connectivity index (χ2v) is 7.23. The number of para-hydroxylation sites is 3. The summed E-state index contributed by atoms with van der Waals surface area (Å²) in [7, 11) is 0. The largest absolute Gasteiger partial charge is 0.378 e. The molecule has 3 heterocycles. The number of morpholine rings is 1. The highest BCUT2D eigenvalue weighted by atomic mass is 16.5. The molecule has 29 heavy (non-hydrogen) atoms. The number of aromatic nitrogens is 2. The number of fused-ring (bicyclic) bond motifs is 1. The van der Waals surface area contributed by atoms with Crippen molar-refractivity contribution in [3.05, 3.63) is 72.3 Å². The van der Waals surface area contributed by atoms with Gasteiger partial charge in [0.1, 0.15) is 17.8 Å². The van der Waals surface area contributed by atoms with E-state index in [9.17, 15) is 4.79 Å². The molecule has 1 fully saturated rings. The van der Waals surface area contributed by atoms with Crippen molar-refractivity contribution in [1.82, 2.24) is 25.1 Å². The summed E-state index contributed by atoms with van der Waals surface area (Å²) >= 11 is 0. The predicted molar refractivity (Wildman–Crippen MR) is 110 cm³/mol. The van der Waals surface area contributed by atoms with Crippen LogP contribution < -0.4 is 10.6 Å². The zero-order chi connectivity index (χ0) is 19.6. The Morgan fingerprint density at radius 1 is 1.00 bits per heavy atom. The molecule has 5 rings (SSSR count). The standard InChI is InChI=1S/C22H23N5O2/c28-22-15-20(26-10-12-29-13-11-26)24-19(25-22)14-21-23-17-8-4-5-9-18(17)27(21)16-6-2-1-3-7-16/h1-9,15,19,24H,10-14H2,(H,25,28). The van der Waals surface area contributed by atoms with Gasteiger partial charge in [-0.25, -0.2) is 4.98 Å². The zero-order valence-corrected chi connectivity index (χ0v) is 16.0. The molecule has 1 unspecified atom stereocenters. The molecule has 3 aromatic rings. The van der Waals surface area contributed by atoms with Crippen LogP contribution in [-0.2, 0) is 16.0 Å². The van der Waals surface area contributed by atoms with Gasteiger partial charge in [-0.05, 0) is 24.3 Å². The minimum Gasteiger partial charge on any atom is -0.378 e. The van der Waals surface area contributed by atoms with E-state index in [1.807, 2.05) is 36.4 Å². The second kappa shape index (κ2) is 7.60. The monoisotopic (exact) mass is 389 g/mol. The van der Waals surface area contributed by atoms with Crippen molar-refractivity contribution in [2.75, 3.05) is 26.3 Å². The molecule has 2 aromatic carbocycles. The quantitative estimate of drug-likeness (QED) is 0.712. The fourth-order valence-electron chi connectivity index (χ4n) is 3.94. The molecule has 0 saturated carbocycles. The van der Waals surface area contributed by atoms with Crippen LogP contribution in [0.3, 0.4) is 0 Å². The van der Waals surface area contributed by atoms with Crippen LogP contribution in [0.4, 0.5) is 0 Å². The molecule has 7 nitrogen and oxygen atoms in total. The Balaban J connectivity index is 1.46. The van der Waals surface area contributed by atoms with Crippen LogP contribution in [0.15, 0.2) is 66.5 Å². The van der Waals surface area contributed by atoms with Gasteiger partial charge in [-0.1, -0.05) is 30.3 Å². The first-order valence-corrected chi connectivity index (χ1v) is 9.91. The van der Waals surface area contributed by atoms with Crippen molar-refractivity contribution >= 4 is 16.9 Å². The van der Waals surface area contributed by atoms with Gasteiger partial charge in [0.15, 0.2) is 0 Å². The van der Waals surface area contributed by atoms with Crippen LogP contribution in [0.5, 0.6) is 0 Å². The molecule has 1 saturated heterocycles. The number of benzene rings is 2. The Morgan fingerprint density at radius 2 is 1.76 bits per heavy atom. The molecule has 1 amide bonds. The zero-order valence-electron chi connectivity index (χ0n) is 16.0. The number of rotatable bonds is 4. The number of hydrogen-bond acceptors (Lipinski definition) is 5. The smallest absolute Gasteiger partial charge is 0.249 e. The number of carbonyl (C=O) groups is 1. The molecule has 2 aliphatic rings. The van der Waals surface area contributed by atoms with E-state index in [0.717, 1.165) is 41.5 Å². The number of amides is 1. The lowest BCUT2D eigenvalue weighted by molar-refractivity contribution is -0.118. The normalized spacial score (nSPS) is 19.6. The topological polar surface area (TPSA) is 71.4 Å². The van der Waals surface area contributed by atoms with Crippen molar-refractivity contribution in [1.29, 1.82) is 0 Å². The number of hydrogen-bond donors (Lipinski definition) is 2. The lowest BCUT2D eigenvalue weighted by Gasteiger charge is -2.36. The summed E-state index contributed by atoms with van der Waals surface area (Å²) in [6.07, 6.45) is 1.96. The maximum Gasteiger partial charge on any atom is 0.249 e. The Labute approximate surface area is 169 Å². The summed E-state index contributed by atoms with van der Waals surface area (Å²) in [5.74, 6) is 1.67. The first-order valence-electron chi connectivity index (χ1n) is 9.91. The first-order chi connectivity index (χ1) is 14.3. The second-order valence-electron chi connectivity index (χ2n) is 7.23. The molecule has 0 spiro atoms. The van der Waals surface area contributed by atoms with Gasteiger partial charge in [0.2, 0.25) is 5.91 Å². The van der Waals surface area contributed by atoms with E-state index in [1.54, 1.807) is 6.08 Å². The number of nitrogens with one attached hydrogen (secondary N) is 2. The summed E-state index contributed by atoms with van der Waals surface area (Å²) < 4.78 is 7.59.